The van der Waals surface area contributed by atoms with E-state index in [1.54, 1.807) is 0 Å². The minimum Gasteiger partial charge on any atom is -0.494 e. The van der Waals surface area contributed by atoms with Crippen LogP contribution in [0, 0.1) is 6.92 Å². The van der Waals surface area contributed by atoms with Gasteiger partial charge in [-0.2, -0.15) is 0 Å². The van der Waals surface area contributed by atoms with Crippen molar-refractivity contribution in [1.29, 1.82) is 0 Å². The molecule has 0 aliphatic carbocycles. The van der Waals surface area contributed by atoms with Gasteiger partial charge in [0.2, 0.25) is 0 Å². The maximum atomic E-state index is 11.8. The van der Waals surface area contributed by atoms with E-state index < -0.39 is 11.2 Å². The quantitative estimate of drug-likeness (QED) is 0.848. The van der Waals surface area contributed by atoms with E-state index in [2.05, 4.69) is 11.9 Å². The van der Waals surface area contributed by atoms with E-state index in [1.807, 2.05) is 25.1 Å². The third-order valence-electron chi connectivity index (χ3n) is 3.02. The molecule has 0 amide bonds. The van der Waals surface area contributed by atoms with Gasteiger partial charge in [-0.1, -0.05) is 13.3 Å². The molecule has 1 aromatic carbocycles. The van der Waals surface area contributed by atoms with Gasteiger partial charge in [0.05, 0.1) is 12.3 Å². The second kappa shape index (κ2) is 6.23. The molecule has 5 heteroatoms. The first-order chi connectivity index (χ1) is 9.61. The molecule has 0 atom stereocenters. The Labute approximate surface area is 116 Å². The second-order valence-corrected chi connectivity index (χ2v) is 4.63. The molecule has 0 spiro atoms. The summed E-state index contributed by atoms with van der Waals surface area (Å²) in [5.41, 5.74) is 0.797. The molecular weight excluding hydrogens is 256 g/mol. The fourth-order valence-electron chi connectivity index (χ4n) is 1.93. The van der Waals surface area contributed by atoms with Gasteiger partial charge < -0.3 is 4.74 Å². The van der Waals surface area contributed by atoms with E-state index in [1.165, 1.54) is 16.8 Å². The van der Waals surface area contributed by atoms with Crippen molar-refractivity contribution in [3.63, 3.8) is 0 Å². The first-order valence-electron chi connectivity index (χ1n) is 6.67. The summed E-state index contributed by atoms with van der Waals surface area (Å²) in [6, 6.07) is 6.86. The lowest BCUT2D eigenvalue weighted by Gasteiger charge is -2.11. The number of aromatic amines is 1. The Morgan fingerprint density at radius 2 is 2.05 bits per heavy atom. The van der Waals surface area contributed by atoms with Crippen LogP contribution in [0.4, 0.5) is 0 Å². The maximum Gasteiger partial charge on any atom is 0.332 e. The first kappa shape index (κ1) is 14.1. The number of aromatic nitrogens is 2. The molecule has 1 heterocycles. The van der Waals surface area contributed by atoms with Crippen LogP contribution < -0.4 is 16.0 Å². The van der Waals surface area contributed by atoms with Crippen LogP contribution in [0.5, 0.6) is 5.75 Å². The topological polar surface area (TPSA) is 64.1 Å². The standard InChI is InChI=1S/C15H18N2O3/c1-3-4-9-20-12-5-6-13(11(2)10-12)17-8-7-14(18)16-15(17)19/h5-8,10H,3-4,9H2,1-2H3,(H,16,18,19). The zero-order chi connectivity index (χ0) is 14.5. The average molecular weight is 274 g/mol. The largest absolute Gasteiger partial charge is 0.494 e. The van der Waals surface area contributed by atoms with Gasteiger partial charge in [0.1, 0.15) is 5.75 Å². The molecule has 5 nitrogen and oxygen atoms in total. The molecule has 1 aromatic heterocycles. The summed E-state index contributed by atoms with van der Waals surface area (Å²) in [6.07, 6.45) is 3.57. The molecule has 0 aliphatic rings. The lowest BCUT2D eigenvalue weighted by Crippen LogP contribution is -2.27. The number of unbranched alkanes of at least 4 members (excludes halogenated alkanes) is 1. The SMILES string of the molecule is CCCCOc1ccc(-n2ccc(=O)[nH]c2=O)c(C)c1. The first-order valence-corrected chi connectivity index (χ1v) is 6.67. The molecule has 0 aliphatic heterocycles. The summed E-state index contributed by atoms with van der Waals surface area (Å²) < 4.78 is 7.03. The summed E-state index contributed by atoms with van der Waals surface area (Å²) in [4.78, 5) is 25.1. The van der Waals surface area contributed by atoms with Gasteiger partial charge in [0.25, 0.3) is 5.56 Å². The highest BCUT2D eigenvalue weighted by atomic mass is 16.5. The van der Waals surface area contributed by atoms with Gasteiger partial charge >= 0.3 is 5.69 Å². The van der Waals surface area contributed by atoms with Crippen LogP contribution in [0.1, 0.15) is 25.3 Å². The normalized spacial score (nSPS) is 10.5. The van der Waals surface area contributed by atoms with Gasteiger partial charge in [-0.05, 0) is 37.1 Å². The zero-order valence-electron chi connectivity index (χ0n) is 11.7. The number of hydrogen-bond acceptors (Lipinski definition) is 3. The number of ether oxygens (including phenoxy) is 1. The summed E-state index contributed by atoms with van der Waals surface area (Å²) in [6.45, 7) is 4.70. The van der Waals surface area contributed by atoms with Crippen molar-refractivity contribution in [2.75, 3.05) is 6.61 Å². The summed E-state index contributed by atoms with van der Waals surface area (Å²) in [5.74, 6) is 0.789. The lowest BCUT2D eigenvalue weighted by molar-refractivity contribution is 0.309. The third kappa shape index (κ3) is 3.17. The van der Waals surface area contributed by atoms with Gasteiger partial charge in [-0.25, -0.2) is 4.79 Å². The van der Waals surface area contributed by atoms with Gasteiger partial charge in [0.15, 0.2) is 0 Å². The lowest BCUT2D eigenvalue weighted by atomic mass is 10.2. The van der Waals surface area contributed by atoms with Crippen LogP contribution in [0.2, 0.25) is 0 Å². The molecular formula is C15H18N2O3. The molecule has 20 heavy (non-hydrogen) atoms. The molecule has 106 valence electrons. The van der Waals surface area contributed by atoms with Crippen molar-refractivity contribution in [2.45, 2.75) is 26.7 Å². The van der Waals surface area contributed by atoms with Gasteiger partial charge in [0, 0.05) is 12.3 Å². The predicted molar refractivity (Wildman–Crippen MR) is 77.8 cm³/mol. The van der Waals surface area contributed by atoms with Gasteiger partial charge in [-0.3, -0.25) is 14.3 Å². The molecule has 0 saturated carbocycles. The summed E-state index contributed by atoms with van der Waals surface area (Å²) in [5, 5.41) is 0. The molecule has 0 unspecified atom stereocenters. The molecule has 2 aromatic rings. The van der Waals surface area contributed by atoms with Crippen molar-refractivity contribution in [1.82, 2.24) is 9.55 Å². The fourth-order valence-corrected chi connectivity index (χ4v) is 1.93. The Balaban J connectivity index is 2.29. The molecule has 0 radical (unpaired) electrons. The Kier molecular flexibility index (Phi) is 4.40. The van der Waals surface area contributed by atoms with E-state index in [0.29, 0.717) is 6.61 Å². The van der Waals surface area contributed by atoms with Crippen LogP contribution in [-0.2, 0) is 0 Å². The number of aryl methyl sites for hydroxylation is 1. The number of rotatable bonds is 5. The summed E-state index contributed by atoms with van der Waals surface area (Å²) in [7, 11) is 0. The van der Waals surface area contributed by atoms with Crippen molar-refractivity contribution in [3.8, 4) is 11.4 Å². The van der Waals surface area contributed by atoms with Crippen molar-refractivity contribution < 1.29 is 4.74 Å². The van der Waals surface area contributed by atoms with Crippen LogP contribution in [0.3, 0.4) is 0 Å². The van der Waals surface area contributed by atoms with E-state index in [4.69, 9.17) is 4.74 Å². The van der Waals surface area contributed by atoms with E-state index >= 15 is 0 Å². The van der Waals surface area contributed by atoms with Crippen molar-refractivity contribution >= 4 is 0 Å². The van der Waals surface area contributed by atoms with E-state index in [0.717, 1.165) is 29.8 Å². The molecule has 0 fully saturated rings. The monoisotopic (exact) mass is 274 g/mol. The third-order valence-corrected chi connectivity index (χ3v) is 3.02. The van der Waals surface area contributed by atoms with Gasteiger partial charge in [-0.15, -0.1) is 0 Å². The fraction of sp³-hybridized carbons (Fsp3) is 0.333. The Bertz CT molecular complexity index is 701. The number of H-pyrrole nitrogens is 1. The highest BCUT2D eigenvalue weighted by Gasteiger charge is 2.05. The second-order valence-electron chi connectivity index (χ2n) is 4.63. The summed E-state index contributed by atoms with van der Waals surface area (Å²) >= 11 is 0. The van der Waals surface area contributed by atoms with Crippen molar-refractivity contribution in [2.24, 2.45) is 0 Å². The van der Waals surface area contributed by atoms with Crippen LogP contribution in [0.15, 0.2) is 40.1 Å². The minimum atomic E-state index is -0.444. The minimum absolute atomic E-state index is 0.400. The van der Waals surface area contributed by atoms with Crippen molar-refractivity contribution in [3.05, 3.63) is 56.9 Å². The smallest absolute Gasteiger partial charge is 0.332 e. The Morgan fingerprint density at radius 1 is 1.25 bits per heavy atom. The van der Waals surface area contributed by atoms with Crippen LogP contribution >= 0.6 is 0 Å². The molecule has 2 rings (SSSR count). The predicted octanol–water partition coefficient (Wildman–Crippen LogP) is 2.01. The highest BCUT2D eigenvalue weighted by molar-refractivity contribution is 5.44. The molecule has 0 bridgehead atoms. The Hall–Kier alpha value is -2.30. The molecule has 1 N–H and O–H groups in total. The van der Waals surface area contributed by atoms with E-state index in [9.17, 15) is 9.59 Å². The Morgan fingerprint density at radius 3 is 2.70 bits per heavy atom. The number of nitrogens with zero attached hydrogens (tertiary/aromatic N) is 1. The van der Waals surface area contributed by atoms with Crippen LogP contribution in [-0.4, -0.2) is 16.2 Å². The number of benzene rings is 1. The molecule has 0 saturated heterocycles. The average Bonchev–Trinajstić information content (AvgIpc) is 2.40. The van der Waals surface area contributed by atoms with Crippen LogP contribution in [0.25, 0.3) is 5.69 Å². The number of nitrogens with one attached hydrogen (secondary N) is 1. The maximum absolute atomic E-state index is 11.8. The van der Waals surface area contributed by atoms with E-state index in [-0.39, 0.29) is 0 Å². The number of hydrogen-bond donors (Lipinski definition) is 1. The highest BCUT2D eigenvalue weighted by Crippen LogP contribution is 2.19. The zero-order valence-corrected chi connectivity index (χ0v) is 11.7.